The van der Waals surface area contributed by atoms with Crippen molar-refractivity contribution in [2.75, 3.05) is 6.61 Å². The molecule has 10 atom stereocenters. The molecule has 2 unspecified atom stereocenters. The summed E-state index contributed by atoms with van der Waals surface area (Å²) in [5.41, 5.74) is 1.24. The Bertz CT molecular complexity index is 612. The van der Waals surface area contributed by atoms with Crippen LogP contribution in [0.3, 0.4) is 0 Å². The van der Waals surface area contributed by atoms with Crippen LogP contribution in [0.15, 0.2) is 0 Å². The Kier molecular flexibility index (Phi) is 7.76. The maximum absolute atomic E-state index is 6.24. The highest BCUT2D eigenvalue weighted by atomic mass is 16.5. The molecule has 1 heteroatoms. The molecule has 32 heavy (non-hydrogen) atoms. The van der Waals surface area contributed by atoms with Crippen LogP contribution in [0, 0.1) is 58.2 Å². The maximum Gasteiger partial charge on any atom is 0.0578 e. The van der Waals surface area contributed by atoms with E-state index in [9.17, 15) is 0 Å². The lowest BCUT2D eigenvalue weighted by Crippen LogP contribution is -2.54. The zero-order valence-corrected chi connectivity index (χ0v) is 22.8. The van der Waals surface area contributed by atoms with E-state index in [0.29, 0.717) is 16.9 Å². The van der Waals surface area contributed by atoms with Crippen LogP contribution in [0.25, 0.3) is 0 Å². The summed E-state index contributed by atoms with van der Waals surface area (Å²) in [7, 11) is 0. The summed E-state index contributed by atoms with van der Waals surface area (Å²) in [6.45, 7) is 18.6. The summed E-state index contributed by atoms with van der Waals surface area (Å²) in [5, 5.41) is 0. The van der Waals surface area contributed by atoms with Crippen molar-refractivity contribution in [2.24, 2.45) is 58.2 Å². The second kappa shape index (κ2) is 9.91. The predicted octanol–water partition coefficient (Wildman–Crippen LogP) is 9.15. The molecule has 0 bridgehead atoms. The van der Waals surface area contributed by atoms with E-state index in [2.05, 4.69) is 48.5 Å². The van der Waals surface area contributed by atoms with Crippen molar-refractivity contribution < 1.29 is 4.74 Å². The Morgan fingerprint density at radius 3 is 2.25 bits per heavy atom. The van der Waals surface area contributed by atoms with Crippen molar-refractivity contribution in [1.82, 2.24) is 0 Å². The van der Waals surface area contributed by atoms with Crippen molar-refractivity contribution >= 4 is 0 Å². The van der Waals surface area contributed by atoms with Gasteiger partial charge in [-0.15, -0.1) is 0 Å². The van der Waals surface area contributed by atoms with Gasteiger partial charge in [0.25, 0.3) is 0 Å². The van der Waals surface area contributed by atoms with E-state index in [1.807, 2.05) is 0 Å². The third-order valence-corrected chi connectivity index (χ3v) is 12.2. The van der Waals surface area contributed by atoms with Crippen LogP contribution >= 0.6 is 0 Å². The standard InChI is InChI=1S/C31H56O/c1-8-19-32-25-15-17-30(6)24(20-25)11-12-26-28-14-13-27(31(28,7)18-16-29(26)30)23(5)10-9-22(4)21(2)3/h21-29H,8-20H2,1-7H3/t22-,23+,24?,25?,26-,27+,28-,29-,30-,31+/m0/s1. The van der Waals surface area contributed by atoms with E-state index < -0.39 is 0 Å². The van der Waals surface area contributed by atoms with E-state index in [0.717, 1.165) is 54.0 Å². The summed E-state index contributed by atoms with van der Waals surface area (Å²) in [5.74, 6) is 7.59. The fourth-order valence-electron chi connectivity index (χ4n) is 9.69. The SMILES string of the molecule is CCCOC1CC[C@@]2(C)C(CC[C@H]3[C@@H]4CC[C@H]([C@H](C)CC[C@H](C)C(C)C)[C@@]4(C)CC[C@@H]32)C1. The van der Waals surface area contributed by atoms with Gasteiger partial charge in [0.15, 0.2) is 0 Å². The molecule has 0 heterocycles. The lowest BCUT2D eigenvalue weighted by atomic mass is 9.44. The van der Waals surface area contributed by atoms with Gasteiger partial charge in [-0.25, -0.2) is 0 Å². The fraction of sp³-hybridized carbons (Fsp3) is 1.00. The Balaban J connectivity index is 1.41. The van der Waals surface area contributed by atoms with Crippen LogP contribution in [-0.2, 0) is 4.74 Å². The summed E-state index contributed by atoms with van der Waals surface area (Å²) >= 11 is 0. The largest absolute Gasteiger partial charge is 0.378 e. The first-order valence-electron chi connectivity index (χ1n) is 14.8. The quantitative estimate of drug-likeness (QED) is 0.362. The summed E-state index contributed by atoms with van der Waals surface area (Å²) in [4.78, 5) is 0. The zero-order valence-electron chi connectivity index (χ0n) is 22.8. The molecule has 0 aromatic carbocycles. The second-order valence-electron chi connectivity index (χ2n) is 13.9. The third kappa shape index (κ3) is 4.47. The van der Waals surface area contributed by atoms with E-state index in [4.69, 9.17) is 4.74 Å². The van der Waals surface area contributed by atoms with Crippen molar-refractivity contribution in [1.29, 1.82) is 0 Å². The molecule has 0 amide bonds. The second-order valence-corrected chi connectivity index (χ2v) is 13.9. The highest BCUT2D eigenvalue weighted by Gasteiger charge is 2.60. The summed E-state index contributed by atoms with van der Waals surface area (Å²) in [6.07, 6.45) is 17.8. The summed E-state index contributed by atoms with van der Waals surface area (Å²) in [6, 6.07) is 0. The van der Waals surface area contributed by atoms with Crippen molar-refractivity contribution in [3.63, 3.8) is 0 Å². The molecular formula is C31H56O. The molecule has 0 aliphatic heterocycles. The lowest BCUT2D eigenvalue weighted by Gasteiger charge is -2.61. The predicted molar refractivity (Wildman–Crippen MR) is 138 cm³/mol. The fourth-order valence-corrected chi connectivity index (χ4v) is 9.69. The Morgan fingerprint density at radius 1 is 0.812 bits per heavy atom. The average molecular weight is 445 g/mol. The molecule has 4 saturated carbocycles. The topological polar surface area (TPSA) is 9.23 Å². The third-order valence-electron chi connectivity index (χ3n) is 12.2. The molecule has 0 aromatic heterocycles. The van der Waals surface area contributed by atoms with Gasteiger partial charge in [-0.2, -0.15) is 0 Å². The van der Waals surface area contributed by atoms with E-state index in [1.165, 1.54) is 77.0 Å². The molecule has 0 radical (unpaired) electrons. The Morgan fingerprint density at radius 2 is 1.53 bits per heavy atom. The molecule has 4 aliphatic carbocycles. The molecule has 186 valence electrons. The van der Waals surface area contributed by atoms with Crippen LogP contribution in [0.1, 0.15) is 126 Å². The van der Waals surface area contributed by atoms with E-state index in [-0.39, 0.29) is 0 Å². The maximum atomic E-state index is 6.24. The molecule has 0 N–H and O–H groups in total. The van der Waals surface area contributed by atoms with Gasteiger partial charge >= 0.3 is 0 Å². The van der Waals surface area contributed by atoms with Crippen molar-refractivity contribution in [3.8, 4) is 0 Å². The van der Waals surface area contributed by atoms with Gasteiger partial charge < -0.3 is 4.74 Å². The van der Waals surface area contributed by atoms with Gasteiger partial charge in [0.05, 0.1) is 6.10 Å². The molecule has 0 saturated heterocycles. The highest BCUT2D eigenvalue weighted by molar-refractivity contribution is 5.09. The molecule has 0 aromatic rings. The van der Waals surface area contributed by atoms with Gasteiger partial charge in [0.2, 0.25) is 0 Å². The van der Waals surface area contributed by atoms with Gasteiger partial charge in [-0.05, 0) is 122 Å². The minimum atomic E-state index is 0.559. The average Bonchev–Trinajstić information content (AvgIpc) is 3.12. The Hall–Kier alpha value is -0.0400. The zero-order chi connectivity index (χ0) is 23.1. The molecule has 4 aliphatic rings. The van der Waals surface area contributed by atoms with E-state index >= 15 is 0 Å². The van der Waals surface area contributed by atoms with Crippen LogP contribution < -0.4 is 0 Å². The van der Waals surface area contributed by atoms with E-state index in [1.54, 1.807) is 0 Å². The minimum Gasteiger partial charge on any atom is -0.378 e. The summed E-state index contributed by atoms with van der Waals surface area (Å²) < 4.78 is 6.24. The molecule has 1 nitrogen and oxygen atoms in total. The van der Waals surface area contributed by atoms with Gasteiger partial charge in [-0.1, -0.05) is 61.3 Å². The van der Waals surface area contributed by atoms with Gasteiger partial charge in [0.1, 0.15) is 0 Å². The van der Waals surface area contributed by atoms with Gasteiger partial charge in [-0.3, -0.25) is 0 Å². The van der Waals surface area contributed by atoms with Crippen molar-refractivity contribution in [2.45, 2.75) is 132 Å². The normalized spacial score (nSPS) is 45.8. The smallest absolute Gasteiger partial charge is 0.0578 e. The first kappa shape index (κ1) is 25.1. The molecule has 0 spiro atoms. The van der Waals surface area contributed by atoms with Crippen molar-refractivity contribution in [3.05, 3.63) is 0 Å². The minimum absolute atomic E-state index is 0.559. The first-order valence-corrected chi connectivity index (χ1v) is 14.8. The number of rotatable bonds is 8. The number of hydrogen-bond donors (Lipinski definition) is 0. The van der Waals surface area contributed by atoms with Crippen LogP contribution in [0.4, 0.5) is 0 Å². The van der Waals surface area contributed by atoms with Gasteiger partial charge in [0, 0.05) is 6.61 Å². The number of hydrogen-bond acceptors (Lipinski definition) is 1. The molecule has 4 rings (SSSR count). The number of fused-ring (bicyclic) bond motifs is 5. The highest BCUT2D eigenvalue weighted by Crippen LogP contribution is 2.68. The lowest BCUT2D eigenvalue weighted by molar-refractivity contribution is -0.136. The Labute approximate surface area is 201 Å². The van der Waals surface area contributed by atoms with Crippen LogP contribution in [-0.4, -0.2) is 12.7 Å². The molecular weight excluding hydrogens is 388 g/mol. The number of ether oxygens (including phenoxy) is 1. The monoisotopic (exact) mass is 444 g/mol. The molecule has 4 fully saturated rings. The van der Waals surface area contributed by atoms with Crippen LogP contribution in [0.5, 0.6) is 0 Å². The van der Waals surface area contributed by atoms with Crippen LogP contribution in [0.2, 0.25) is 0 Å². The first-order chi connectivity index (χ1) is 15.2.